The van der Waals surface area contributed by atoms with Crippen molar-refractivity contribution in [2.24, 2.45) is 0 Å². The maximum absolute atomic E-state index is 12.9. The number of carbonyl (C=O) groups is 2. The zero-order valence-electron chi connectivity index (χ0n) is 21.1. The summed E-state index contributed by atoms with van der Waals surface area (Å²) in [6.45, 7) is 4.18. The first kappa shape index (κ1) is 25.0. The van der Waals surface area contributed by atoms with Gasteiger partial charge in [-0.25, -0.2) is 9.97 Å². The van der Waals surface area contributed by atoms with Crippen molar-refractivity contribution in [2.75, 3.05) is 27.8 Å². The Morgan fingerprint density at radius 1 is 1.14 bits per heavy atom. The summed E-state index contributed by atoms with van der Waals surface area (Å²) in [5, 5.41) is 3.04. The fourth-order valence-corrected chi connectivity index (χ4v) is 4.02. The van der Waals surface area contributed by atoms with Crippen molar-refractivity contribution in [2.45, 2.75) is 32.4 Å². The van der Waals surface area contributed by atoms with E-state index in [0.717, 1.165) is 22.4 Å². The number of benzene rings is 1. The van der Waals surface area contributed by atoms with Gasteiger partial charge in [0.25, 0.3) is 11.8 Å². The Hall–Kier alpha value is -4.14. The molecule has 0 radical (unpaired) electrons. The summed E-state index contributed by atoms with van der Waals surface area (Å²) in [4.78, 5) is 35.6. The van der Waals surface area contributed by atoms with Gasteiger partial charge in [-0.05, 0) is 37.6 Å². The Bertz CT molecular complexity index is 1260. The lowest BCUT2D eigenvalue weighted by Crippen LogP contribution is -2.42. The molecular weight excluding hydrogens is 460 g/mol. The van der Waals surface area contributed by atoms with Crippen LogP contribution in [-0.2, 0) is 6.42 Å². The summed E-state index contributed by atoms with van der Waals surface area (Å²) in [6.07, 6.45) is 3.74. The molecule has 0 saturated carbocycles. The van der Waals surface area contributed by atoms with Crippen LogP contribution < -0.4 is 19.5 Å². The molecule has 3 aromatic rings. The summed E-state index contributed by atoms with van der Waals surface area (Å²) in [5.41, 5.74) is 3.39. The number of nitrogens with one attached hydrogen (secondary N) is 1. The summed E-state index contributed by atoms with van der Waals surface area (Å²) in [5.74, 6) is 1.04. The number of ether oxygens (including phenoxy) is 3. The zero-order chi connectivity index (χ0) is 25.8. The molecule has 0 fully saturated rings. The first-order chi connectivity index (χ1) is 17.3. The largest absolute Gasteiger partial charge is 0.491 e. The Morgan fingerprint density at radius 3 is 2.61 bits per heavy atom. The van der Waals surface area contributed by atoms with Crippen LogP contribution in [0.1, 0.15) is 40.1 Å². The number of aromatic nitrogens is 2. The maximum Gasteiger partial charge on any atom is 0.258 e. The molecule has 4 rings (SSSR count). The van der Waals surface area contributed by atoms with E-state index in [0.29, 0.717) is 30.0 Å². The minimum absolute atomic E-state index is 0.00353. The first-order valence-electron chi connectivity index (χ1n) is 11.7. The van der Waals surface area contributed by atoms with Crippen molar-refractivity contribution in [1.29, 1.82) is 0 Å². The molecular formula is C27H30N4O5. The van der Waals surface area contributed by atoms with Gasteiger partial charge in [0, 0.05) is 50.1 Å². The number of amides is 2. The number of nitrogens with zero attached hydrogens (tertiary/aromatic N) is 3. The van der Waals surface area contributed by atoms with Crippen molar-refractivity contribution in [1.82, 2.24) is 20.2 Å². The van der Waals surface area contributed by atoms with E-state index in [1.165, 1.54) is 18.2 Å². The van der Waals surface area contributed by atoms with E-state index in [2.05, 4.69) is 15.3 Å². The van der Waals surface area contributed by atoms with E-state index in [9.17, 15) is 9.59 Å². The summed E-state index contributed by atoms with van der Waals surface area (Å²) in [6, 6.07) is 10.7. The molecule has 1 aliphatic rings. The summed E-state index contributed by atoms with van der Waals surface area (Å²) in [7, 11) is 4.85. The van der Waals surface area contributed by atoms with Crippen molar-refractivity contribution in [3.05, 3.63) is 65.5 Å². The Labute approximate surface area is 210 Å². The van der Waals surface area contributed by atoms with E-state index in [4.69, 9.17) is 14.2 Å². The van der Waals surface area contributed by atoms with Gasteiger partial charge in [0.05, 0.1) is 24.8 Å². The highest BCUT2D eigenvalue weighted by Crippen LogP contribution is 2.35. The molecule has 2 amide bonds. The fourth-order valence-electron chi connectivity index (χ4n) is 4.02. The molecule has 188 valence electrons. The summed E-state index contributed by atoms with van der Waals surface area (Å²) >= 11 is 0. The number of carbonyl (C=O) groups excluding carboxylic acids is 2. The molecule has 0 saturated heterocycles. The van der Waals surface area contributed by atoms with Crippen molar-refractivity contribution in [3.63, 3.8) is 0 Å². The third kappa shape index (κ3) is 5.40. The molecule has 0 unspecified atom stereocenters. The smallest absolute Gasteiger partial charge is 0.258 e. The minimum atomic E-state index is -0.244. The van der Waals surface area contributed by atoms with Gasteiger partial charge in [0.1, 0.15) is 17.9 Å². The standard InChI is InChI=1S/C27H30N4O5/c1-16(2)36-24-10-9-17(13-28-24)25(32)30-19-12-21-20(7-6-8-23(21)35-15-19)18-11-22(27(33)31(3)4)26(34-5)29-14-18/h6-11,13-14,16,19H,12,15H2,1-5H3,(H,30,32)/t19-/m0/s1. The number of pyridine rings is 2. The van der Waals surface area contributed by atoms with Gasteiger partial charge in [0.15, 0.2) is 0 Å². The third-order valence-corrected chi connectivity index (χ3v) is 5.71. The van der Waals surface area contributed by atoms with Gasteiger partial charge in [-0.2, -0.15) is 0 Å². The van der Waals surface area contributed by atoms with Crippen LogP contribution in [0.4, 0.5) is 0 Å². The highest BCUT2D eigenvalue weighted by molar-refractivity contribution is 5.97. The molecule has 1 aliphatic heterocycles. The molecule has 0 aliphatic carbocycles. The van der Waals surface area contributed by atoms with E-state index in [1.807, 2.05) is 32.0 Å². The molecule has 1 atom stereocenters. The molecule has 1 N–H and O–H groups in total. The third-order valence-electron chi connectivity index (χ3n) is 5.71. The van der Waals surface area contributed by atoms with Gasteiger partial charge < -0.3 is 24.4 Å². The number of hydrogen-bond donors (Lipinski definition) is 1. The summed E-state index contributed by atoms with van der Waals surface area (Å²) < 4.78 is 16.8. The zero-order valence-corrected chi connectivity index (χ0v) is 21.1. The lowest BCUT2D eigenvalue weighted by Gasteiger charge is -2.28. The topological polar surface area (TPSA) is 103 Å². The monoisotopic (exact) mass is 490 g/mol. The Morgan fingerprint density at radius 2 is 1.94 bits per heavy atom. The molecule has 1 aromatic carbocycles. The predicted octanol–water partition coefficient (Wildman–Crippen LogP) is 3.37. The highest BCUT2D eigenvalue weighted by atomic mass is 16.5. The second kappa shape index (κ2) is 10.6. The molecule has 2 aromatic heterocycles. The SMILES string of the molecule is COc1ncc(-c2cccc3c2C[C@H](NC(=O)c2ccc(OC(C)C)nc2)CO3)cc1C(=O)N(C)C. The van der Waals surface area contributed by atoms with E-state index >= 15 is 0 Å². The predicted molar refractivity (Wildman–Crippen MR) is 135 cm³/mol. The number of hydrogen-bond acceptors (Lipinski definition) is 7. The number of fused-ring (bicyclic) bond motifs is 1. The van der Waals surface area contributed by atoms with Crippen LogP contribution in [0.3, 0.4) is 0 Å². The lowest BCUT2D eigenvalue weighted by molar-refractivity contribution is 0.0823. The Kier molecular flexibility index (Phi) is 7.38. The minimum Gasteiger partial charge on any atom is -0.491 e. The fraction of sp³-hybridized carbons (Fsp3) is 0.333. The average Bonchev–Trinajstić information content (AvgIpc) is 2.87. The molecule has 0 bridgehead atoms. The van der Waals surface area contributed by atoms with Crippen LogP contribution in [0, 0.1) is 0 Å². The molecule has 9 nitrogen and oxygen atoms in total. The van der Waals surface area contributed by atoms with Gasteiger partial charge in [-0.1, -0.05) is 12.1 Å². The Balaban J connectivity index is 1.56. The van der Waals surface area contributed by atoms with E-state index in [1.54, 1.807) is 38.5 Å². The molecule has 36 heavy (non-hydrogen) atoms. The van der Waals surface area contributed by atoms with Crippen molar-refractivity contribution < 1.29 is 23.8 Å². The lowest BCUT2D eigenvalue weighted by atomic mass is 9.93. The van der Waals surface area contributed by atoms with Gasteiger partial charge in [-0.15, -0.1) is 0 Å². The quantitative estimate of drug-likeness (QED) is 0.542. The van der Waals surface area contributed by atoms with Crippen LogP contribution in [0.15, 0.2) is 48.8 Å². The second-order valence-electron chi connectivity index (χ2n) is 9.00. The average molecular weight is 491 g/mol. The van der Waals surface area contributed by atoms with Crippen LogP contribution in [0.2, 0.25) is 0 Å². The van der Waals surface area contributed by atoms with Gasteiger partial charge in [-0.3, -0.25) is 9.59 Å². The number of rotatable bonds is 7. The normalized spacial score (nSPS) is 14.4. The van der Waals surface area contributed by atoms with Gasteiger partial charge >= 0.3 is 0 Å². The van der Waals surface area contributed by atoms with E-state index < -0.39 is 0 Å². The van der Waals surface area contributed by atoms with Crippen molar-refractivity contribution in [3.8, 4) is 28.6 Å². The molecule has 9 heteroatoms. The van der Waals surface area contributed by atoms with Crippen LogP contribution >= 0.6 is 0 Å². The number of methoxy groups -OCH3 is 1. The second-order valence-corrected chi connectivity index (χ2v) is 9.00. The van der Waals surface area contributed by atoms with Crippen LogP contribution in [-0.4, -0.2) is 66.6 Å². The molecule has 0 spiro atoms. The van der Waals surface area contributed by atoms with Gasteiger partial charge in [0.2, 0.25) is 11.8 Å². The highest BCUT2D eigenvalue weighted by Gasteiger charge is 2.26. The van der Waals surface area contributed by atoms with Crippen LogP contribution in [0.5, 0.6) is 17.5 Å². The molecule has 3 heterocycles. The van der Waals surface area contributed by atoms with Crippen molar-refractivity contribution >= 4 is 11.8 Å². The van der Waals surface area contributed by atoms with Crippen LogP contribution in [0.25, 0.3) is 11.1 Å². The van der Waals surface area contributed by atoms with E-state index in [-0.39, 0.29) is 29.8 Å². The maximum atomic E-state index is 12.9. The first-order valence-corrected chi connectivity index (χ1v) is 11.7.